The van der Waals surface area contributed by atoms with Gasteiger partial charge in [0, 0.05) is 30.4 Å². The number of hydrogen-bond acceptors (Lipinski definition) is 8. The summed E-state index contributed by atoms with van der Waals surface area (Å²) in [6, 6.07) is 0. The average Bonchev–Trinajstić information content (AvgIpc) is 2.83. The third kappa shape index (κ3) is 4.30. The lowest BCUT2D eigenvalue weighted by Gasteiger charge is -2.34. The molecule has 30 heavy (non-hydrogen) atoms. The number of carbonyl (C=O) groups is 3. The van der Waals surface area contributed by atoms with Crippen LogP contribution in [0.1, 0.15) is 47.0 Å². The van der Waals surface area contributed by atoms with Gasteiger partial charge in [0.1, 0.15) is 18.3 Å². The molecule has 3 aliphatic heterocycles. The number of hydrogen-bond donors (Lipinski definition) is 1. The molecular weight excluding hydrogens is 392 g/mol. The van der Waals surface area contributed by atoms with Gasteiger partial charge in [0.2, 0.25) is 0 Å². The molecule has 1 N–H and O–H groups in total. The van der Waals surface area contributed by atoms with Crippen molar-refractivity contribution in [3.05, 3.63) is 23.8 Å². The van der Waals surface area contributed by atoms with Gasteiger partial charge in [-0.2, -0.15) is 0 Å². The van der Waals surface area contributed by atoms with Crippen LogP contribution in [0.25, 0.3) is 0 Å². The van der Waals surface area contributed by atoms with E-state index in [9.17, 15) is 19.5 Å². The number of ether oxygens (including phenoxy) is 4. The van der Waals surface area contributed by atoms with Gasteiger partial charge < -0.3 is 24.1 Å². The van der Waals surface area contributed by atoms with Crippen molar-refractivity contribution in [3.63, 3.8) is 0 Å². The number of carbonyl (C=O) groups excluding carboxylic acids is 3. The van der Waals surface area contributed by atoms with E-state index in [4.69, 9.17) is 18.9 Å². The minimum Gasteiger partial charge on any atom is -0.465 e. The van der Waals surface area contributed by atoms with Gasteiger partial charge in [-0.1, -0.05) is 12.7 Å². The molecule has 8 nitrogen and oxygen atoms in total. The fourth-order valence-electron chi connectivity index (χ4n) is 4.57. The van der Waals surface area contributed by atoms with Crippen LogP contribution in [0.4, 0.5) is 0 Å². The van der Waals surface area contributed by atoms with Gasteiger partial charge in [-0.15, -0.1) is 0 Å². The lowest BCUT2D eigenvalue weighted by atomic mass is 9.78. The van der Waals surface area contributed by atoms with E-state index in [1.165, 1.54) is 6.92 Å². The lowest BCUT2D eigenvalue weighted by Crippen LogP contribution is -2.47. The Morgan fingerprint density at radius 3 is 2.67 bits per heavy atom. The highest BCUT2D eigenvalue weighted by atomic mass is 16.6. The number of esters is 3. The van der Waals surface area contributed by atoms with Crippen molar-refractivity contribution in [3.8, 4) is 0 Å². The molecule has 0 radical (unpaired) electrons. The molecule has 3 rings (SSSR count). The van der Waals surface area contributed by atoms with E-state index in [0.29, 0.717) is 24.8 Å². The van der Waals surface area contributed by atoms with Crippen molar-refractivity contribution < 1.29 is 38.4 Å². The van der Waals surface area contributed by atoms with E-state index in [1.807, 2.05) is 6.92 Å². The van der Waals surface area contributed by atoms with Crippen molar-refractivity contribution in [2.75, 3.05) is 6.61 Å². The van der Waals surface area contributed by atoms with Crippen LogP contribution in [0.5, 0.6) is 0 Å². The van der Waals surface area contributed by atoms with Crippen LogP contribution >= 0.6 is 0 Å². The smallest absolute Gasteiger partial charge is 0.334 e. The monoisotopic (exact) mass is 422 g/mol. The van der Waals surface area contributed by atoms with Crippen molar-refractivity contribution in [1.82, 2.24) is 0 Å². The summed E-state index contributed by atoms with van der Waals surface area (Å²) >= 11 is 0. The van der Waals surface area contributed by atoms with E-state index < -0.39 is 59.8 Å². The topological polar surface area (TPSA) is 108 Å². The largest absolute Gasteiger partial charge is 0.465 e. The molecule has 2 bridgehead atoms. The first-order valence-electron chi connectivity index (χ1n) is 10.3. The van der Waals surface area contributed by atoms with Crippen molar-refractivity contribution in [1.29, 1.82) is 0 Å². The van der Waals surface area contributed by atoms with E-state index in [0.717, 1.165) is 0 Å². The van der Waals surface area contributed by atoms with Crippen molar-refractivity contribution in [2.24, 2.45) is 11.8 Å². The van der Waals surface area contributed by atoms with E-state index in [2.05, 4.69) is 6.58 Å². The van der Waals surface area contributed by atoms with Crippen LogP contribution in [0, 0.1) is 11.8 Å². The second-order valence-corrected chi connectivity index (χ2v) is 8.65. The second-order valence-electron chi connectivity index (χ2n) is 8.65. The molecule has 0 aromatic heterocycles. The maximum absolute atomic E-state index is 12.5. The van der Waals surface area contributed by atoms with Gasteiger partial charge in [-0.05, 0) is 33.6 Å². The van der Waals surface area contributed by atoms with Gasteiger partial charge in [-0.25, -0.2) is 9.59 Å². The second kappa shape index (κ2) is 8.51. The minimum atomic E-state index is -0.802. The Labute approximate surface area is 176 Å². The molecule has 7 atom stereocenters. The Hall–Kier alpha value is -2.19. The first-order chi connectivity index (χ1) is 14.1. The van der Waals surface area contributed by atoms with E-state index >= 15 is 0 Å². The molecule has 0 saturated carbocycles. The molecule has 0 amide bonds. The summed E-state index contributed by atoms with van der Waals surface area (Å²) in [4.78, 5) is 36.3. The highest BCUT2D eigenvalue weighted by Crippen LogP contribution is 2.47. The summed E-state index contributed by atoms with van der Waals surface area (Å²) in [7, 11) is 0. The highest BCUT2D eigenvalue weighted by molar-refractivity contribution is 5.91. The van der Waals surface area contributed by atoms with Crippen LogP contribution in [0.15, 0.2) is 23.8 Å². The predicted octanol–water partition coefficient (Wildman–Crippen LogP) is 1.84. The van der Waals surface area contributed by atoms with Gasteiger partial charge in [0.05, 0.1) is 24.2 Å². The maximum Gasteiger partial charge on any atom is 0.334 e. The Morgan fingerprint density at radius 1 is 1.33 bits per heavy atom. The Kier molecular flexibility index (Phi) is 6.38. The Morgan fingerprint density at radius 2 is 2.03 bits per heavy atom. The number of fused-ring (bicyclic) bond motifs is 4. The first-order valence-corrected chi connectivity index (χ1v) is 10.3. The fourth-order valence-corrected chi connectivity index (χ4v) is 4.57. The van der Waals surface area contributed by atoms with Crippen molar-refractivity contribution in [2.45, 2.75) is 77.0 Å². The number of rotatable bonds is 4. The molecule has 0 spiro atoms. The Balaban J connectivity index is 1.99. The van der Waals surface area contributed by atoms with Crippen molar-refractivity contribution >= 4 is 17.9 Å². The molecule has 3 saturated heterocycles. The zero-order chi connectivity index (χ0) is 22.2. The number of allylic oxidation sites excluding steroid dienone is 1. The third-order valence-electron chi connectivity index (χ3n) is 6.42. The van der Waals surface area contributed by atoms with Gasteiger partial charge in [0.25, 0.3) is 0 Å². The third-order valence-corrected chi connectivity index (χ3v) is 6.42. The molecule has 8 heteroatoms. The molecule has 0 unspecified atom stereocenters. The summed E-state index contributed by atoms with van der Waals surface area (Å²) in [5.41, 5.74) is -0.0428. The predicted molar refractivity (Wildman–Crippen MR) is 105 cm³/mol. The standard InChI is InChI=1S/C22H30O8/c1-6-11(2)20(25)28-16-9-22(5)8-7-15(24)14(10-27-13(4)23)18(30-22)19-17(16)12(3)21(26)29-19/h6,14-19,24H,3,7-10H2,1-2,4-5H3/b11-6-/t14-,15-,16+,17+,18+,19-,22+/m0/s1. The molecular formula is C22H30O8. The average molecular weight is 422 g/mol. The summed E-state index contributed by atoms with van der Waals surface area (Å²) in [6.45, 7) is 10.4. The summed E-state index contributed by atoms with van der Waals surface area (Å²) in [5, 5.41) is 10.8. The Bertz CT molecular complexity index is 771. The summed E-state index contributed by atoms with van der Waals surface area (Å²) in [5.74, 6) is -2.72. The van der Waals surface area contributed by atoms with Crippen LogP contribution in [-0.2, 0) is 33.3 Å². The number of aliphatic hydroxyl groups is 1. The quantitative estimate of drug-likeness (QED) is 0.415. The molecule has 166 valence electrons. The lowest BCUT2D eigenvalue weighted by molar-refractivity contribution is -0.173. The zero-order valence-electron chi connectivity index (χ0n) is 17.9. The molecule has 3 fully saturated rings. The minimum absolute atomic E-state index is 0.0629. The first kappa shape index (κ1) is 22.5. The van der Waals surface area contributed by atoms with E-state index in [1.54, 1.807) is 19.9 Å². The molecule has 0 aliphatic carbocycles. The fraction of sp³-hybridized carbons (Fsp3) is 0.682. The molecule has 3 aliphatic rings. The molecule has 0 aromatic carbocycles. The summed E-state index contributed by atoms with van der Waals surface area (Å²) in [6.07, 6.45) is -0.0809. The van der Waals surface area contributed by atoms with Crippen LogP contribution < -0.4 is 0 Å². The van der Waals surface area contributed by atoms with E-state index in [-0.39, 0.29) is 12.2 Å². The van der Waals surface area contributed by atoms with Crippen LogP contribution in [0.2, 0.25) is 0 Å². The maximum atomic E-state index is 12.5. The highest BCUT2D eigenvalue weighted by Gasteiger charge is 2.58. The molecule has 0 aromatic rings. The number of aliphatic hydroxyl groups excluding tert-OH is 1. The SMILES string of the molecule is C=C1C(=O)O[C@@H]2[C@@H]3O[C@](C)(CC[C@H](O)[C@@H]3COC(C)=O)C[C@@H](OC(=O)/C(C)=C\C)[C@@H]12. The van der Waals surface area contributed by atoms with Crippen LogP contribution in [0.3, 0.4) is 0 Å². The van der Waals surface area contributed by atoms with Gasteiger partial charge in [-0.3, -0.25) is 4.79 Å². The summed E-state index contributed by atoms with van der Waals surface area (Å²) < 4.78 is 23.0. The van der Waals surface area contributed by atoms with Gasteiger partial charge in [0.15, 0.2) is 0 Å². The normalized spacial score (nSPS) is 38.8. The van der Waals surface area contributed by atoms with Gasteiger partial charge >= 0.3 is 17.9 Å². The van der Waals surface area contributed by atoms with Crippen LogP contribution in [-0.4, -0.2) is 59.6 Å². The zero-order valence-corrected chi connectivity index (χ0v) is 17.9. The molecule has 3 heterocycles.